The number of amides is 1. The predicted octanol–water partition coefficient (Wildman–Crippen LogP) is 2.77. The number of carbonyl (C=O) groups excluding carboxylic acids is 1. The number of rotatable bonds is 0. The maximum absolute atomic E-state index is 12.1. The highest BCUT2D eigenvalue weighted by molar-refractivity contribution is 5.89. The second-order valence-electron chi connectivity index (χ2n) is 5.39. The molecule has 0 radical (unpaired) electrons. The van der Waals surface area contributed by atoms with Crippen molar-refractivity contribution in [3.05, 3.63) is 23.9 Å². The maximum Gasteiger partial charge on any atom is 0.416 e. The molecule has 0 unspecified atom stereocenters. The number of hydrogen-bond donors (Lipinski definition) is 0. The van der Waals surface area contributed by atoms with E-state index >= 15 is 0 Å². The van der Waals surface area contributed by atoms with Crippen LogP contribution in [0.3, 0.4) is 0 Å². The van der Waals surface area contributed by atoms with Crippen molar-refractivity contribution in [3.8, 4) is 0 Å². The SMILES string of the molecule is C[C@H]1Cc2cccnc2N1C(=O)OC(C)(C)C. The van der Waals surface area contributed by atoms with Crippen LogP contribution in [-0.2, 0) is 11.2 Å². The molecule has 4 heteroatoms. The molecule has 0 saturated carbocycles. The average molecular weight is 234 g/mol. The number of hydrogen-bond acceptors (Lipinski definition) is 3. The van der Waals surface area contributed by atoms with Gasteiger partial charge < -0.3 is 4.74 Å². The Morgan fingerprint density at radius 3 is 2.88 bits per heavy atom. The lowest BCUT2D eigenvalue weighted by Crippen LogP contribution is -2.40. The first kappa shape index (κ1) is 11.9. The molecule has 1 aliphatic heterocycles. The molecule has 2 rings (SSSR count). The second kappa shape index (κ2) is 4.02. The fraction of sp³-hybridized carbons (Fsp3) is 0.538. The van der Waals surface area contributed by atoms with Crippen LogP contribution < -0.4 is 4.90 Å². The lowest BCUT2D eigenvalue weighted by atomic mass is 10.2. The minimum atomic E-state index is -0.478. The largest absolute Gasteiger partial charge is 0.443 e. The van der Waals surface area contributed by atoms with Gasteiger partial charge in [-0.15, -0.1) is 0 Å². The summed E-state index contributed by atoms with van der Waals surface area (Å²) in [6.07, 6.45) is 2.22. The summed E-state index contributed by atoms with van der Waals surface area (Å²) in [6.45, 7) is 7.60. The third kappa shape index (κ3) is 2.40. The van der Waals surface area contributed by atoms with Gasteiger partial charge in [0, 0.05) is 12.2 Å². The summed E-state index contributed by atoms with van der Waals surface area (Å²) in [5, 5.41) is 0. The first-order valence-electron chi connectivity index (χ1n) is 5.84. The van der Waals surface area contributed by atoms with Gasteiger partial charge in [-0.25, -0.2) is 9.78 Å². The number of anilines is 1. The van der Waals surface area contributed by atoms with Crippen LogP contribution in [0, 0.1) is 0 Å². The minimum absolute atomic E-state index is 0.106. The molecule has 0 spiro atoms. The van der Waals surface area contributed by atoms with Gasteiger partial charge in [0.1, 0.15) is 11.4 Å². The number of carbonyl (C=O) groups is 1. The molecule has 4 nitrogen and oxygen atoms in total. The molecule has 1 atom stereocenters. The van der Waals surface area contributed by atoms with Crippen molar-refractivity contribution < 1.29 is 9.53 Å². The van der Waals surface area contributed by atoms with E-state index in [1.54, 1.807) is 11.1 Å². The van der Waals surface area contributed by atoms with Crippen LogP contribution in [-0.4, -0.2) is 22.7 Å². The number of fused-ring (bicyclic) bond motifs is 1. The molecule has 17 heavy (non-hydrogen) atoms. The molecule has 0 aliphatic carbocycles. The highest BCUT2D eigenvalue weighted by Gasteiger charge is 2.34. The minimum Gasteiger partial charge on any atom is -0.443 e. The van der Waals surface area contributed by atoms with E-state index in [1.165, 1.54) is 0 Å². The van der Waals surface area contributed by atoms with Gasteiger partial charge in [-0.05, 0) is 45.7 Å². The topological polar surface area (TPSA) is 42.4 Å². The van der Waals surface area contributed by atoms with Crippen LogP contribution in [0.5, 0.6) is 0 Å². The molecular weight excluding hydrogens is 216 g/mol. The van der Waals surface area contributed by atoms with E-state index in [1.807, 2.05) is 39.8 Å². The Hall–Kier alpha value is -1.58. The Kier molecular flexibility index (Phi) is 2.81. The number of pyridine rings is 1. The van der Waals surface area contributed by atoms with Gasteiger partial charge in [0.2, 0.25) is 0 Å². The van der Waals surface area contributed by atoms with Gasteiger partial charge in [0.15, 0.2) is 0 Å². The summed E-state index contributed by atoms with van der Waals surface area (Å²) in [7, 11) is 0. The third-order valence-corrected chi connectivity index (χ3v) is 2.64. The molecule has 2 heterocycles. The molecule has 1 aliphatic rings. The first-order valence-corrected chi connectivity index (χ1v) is 5.84. The number of ether oxygens (including phenoxy) is 1. The van der Waals surface area contributed by atoms with Crippen LogP contribution in [0.15, 0.2) is 18.3 Å². The van der Waals surface area contributed by atoms with E-state index in [2.05, 4.69) is 4.98 Å². The molecule has 1 amide bonds. The lowest BCUT2D eigenvalue weighted by molar-refractivity contribution is 0.0571. The Bertz CT molecular complexity index is 437. The van der Waals surface area contributed by atoms with Crippen LogP contribution in [0.25, 0.3) is 0 Å². The van der Waals surface area contributed by atoms with E-state index < -0.39 is 5.60 Å². The van der Waals surface area contributed by atoms with Gasteiger partial charge in [-0.2, -0.15) is 0 Å². The van der Waals surface area contributed by atoms with Gasteiger partial charge in [-0.3, -0.25) is 4.90 Å². The van der Waals surface area contributed by atoms with Crippen molar-refractivity contribution in [1.82, 2.24) is 4.98 Å². The fourth-order valence-corrected chi connectivity index (χ4v) is 2.00. The van der Waals surface area contributed by atoms with E-state index in [0.29, 0.717) is 0 Å². The van der Waals surface area contributed by atoms with E-state index in [-0.39, 0.29) is 12.1 Å². The average Bonchev–Trinajstić information content (AvgIpc) is 2.50. The van der Waals surface area contributed by atoms with Crippen molar-refractivity contribution in [2.45, 2.75) is 45.8 Å². The summed E-state index contributed by atoms with van der Waals surface area (Å²) in [5.41, 5.74) is 0.625. The summed E-state index contributed by atoms with van der Waals surface area (Å²) < 4.78 is 5.40. The quantitative estimate of drug-likeness (QED) is 0.693. The Morgan fingerprint density at radius 1 is 1.53 bits per heavy atom. The summed E-state index contributed by atoms with van der Waals surface area (Å²) >= 11 is 0. The van der Waals surface area contributed by atoms with Gasteiger partial charge in [0.25, 0.3) is 0 Å². The van der Waals surface area contributed by atoms with Gasteiger partial charge in [-0.1, -0.05) is 6.07 Å². The molecular formula is C13H18N2O2. The van der Waals surface area contributed by atoms with E-state index in [0.717, 1.165) is 17.8 Å². The Morgan fingerprint density at radius 2 is 2.24 bits per heavy atom. The van der Waals surface area contributed by atoms with Crippen molar-refractivity contribution in [3.63, 3.8) is 0 Å². The first-order chi connectivity index (χ1) is 7.88. The van der Waals surface area contributed by atoms with Gasteiger partial charge in [0.05, 0.1) is 0 Å². The summed E-state index contributed by atoms with van der Waals surface area (Å²) in [6, 6.07) is 4.00. The zero-order valence-electron chi connectivity index (χ0n) is 10.7. The number of nitrogens with zero attached hydrogens (tertiary/aromatic N) is 2. The Labute approximate surface area is 102 Å². The maximum atomic E-state index is 12.1. The molecule has 1 aromatic rings. The van der Waals surface area contributed by atoms with Crippen LogP contribution >= 0.6 is 0 Å². The van der Waals surface area contributed by atoms with Gasteiger partial charge >= 0.3 is 6.09 Å². The lowest BCUT2D eigenvalue weighted by Gasteiger charge is -2.26. The van der Waals surface area contributed by atoms with Crippen LogP contribution in [0.1, 0.15) is 33.3 Å². The standard InChI is InChI=1S/C13H18N2O2/c1-9-8-10-6-5-7-14-11(10)15(9)12(16)17-13(2,3)4/h5-7,9H,8H2,1-4H3/t9-/m0/s1. The van der Waals surface area contributed by atoms with E-state index in [9.17, 15) is 4.79 Å². The van der Waals surface area contributed by atoms with Crippen LogP contribution in [0.2, 0.25) is 0 Å². The predicted molar refractivity (Wildman–Crippen MR) is 66.1 cm³/mol. The molecule has 0 fully saturated rings. The van der Waals surface area contributed by atoms with Crippen molar-refractivity contribution in [1.29, 1.82) is 0 Å². The van der Waals surface area contributed by atoms with E-state index in [4.69, 9.17) is 4.74 Å². The highest BCUT2D eigenvalue weighted by Crippen LogP contribution is 2.30. The van der Waals surface area contributed by atoms with Crippen molar-refractivity contribution in [2.75, 3.05) is 4.90 Å². The van der Waals surface area contributed by atoms with Crippen molar-refractivity contribution >= 4 is 11.9 Å². The molecule has 0 saturated heterocycles. The summed E-state index contributed by atoms with van der Waals surface area (Å²) in [5.74, 6) is 0.731. The molecule has 92 valence electrons. The third-order valence-electron chi connectivity index (χ3n) is 2.64. The molecule has 1 aromatic heterocycles. The van der Waals surface area contributed by atoms with Crippen molar-refractivity contribution in [2.24, 2.45) is 0 Å². The molecule has 0 aromatic carbocycles. The zero-order chi connectivity index (χ0) is 12.6. The molecule has 0 bridgehead atoms. The zero-order valence-corrected chi connectivity index (χ0v) is 10.7. The number of aromatic nitrogens is 1. The Balaban J connectivity index is 2.25. The molecule has 0 N–H and O–H groups in total. The normalized spacial score (nSPS) is 19.1. The summed E-state index contributed by atoms with van der Waals surface area (Å²) in [4.78, 5) is 18.0. The monoisotopic (exact) mass is 234 g/mol. The highest BCUT2D eigenvalue weighted by atomic mass is 16.6. The van der Waals surface area contributed by atoms with Crippen LogP contribution in [0.4, 0.5) is 10.6 Å². The smallest absolute Gasteiger partial charge is 0.416 e. The second-order valence-corrected chi connectivity index (χ2v) is 5.39. The fourth-order valence-electron chi connectivity index (χ4n) is 2.00.